The Bertz CT molecular complexity index is 1560. The van der Waals surface area contributed by atoms with Crippen molar-refractivity contribution >= 4 is 39.3 Å². The van der Waals surface area contributed by atoms with Crippen LogP contribution in [0.1, 0.15) is 58.2 Å². The molecule has 0 aliphatic rings. The van der Waals surface area contributed by atoms with Gasteiger partial charge in [-0.15, -0.1) is 10.2 Å². The fourth-order valence-electron chi connectivity index (χ4n) is 4.84. The normalized spacial score (nSPS) is 11.8. The molecule has 0 aliphatic carbocycles. The minimum atomic E-state index is 0.384. The van der Waals surface area contributed by atoms with Crippen LogP contribution in [0.2, 0.25) is 0 Å². The van der Waals surface area contributed by atoms with Gasteiger partial charge in [0.15, 0.2) is 5.82 Å². The largest absolute Gasteiger partial charge is 0.367 e. The van der Waals surface area contributed by atoms with Crippen LogP contribution in [0, 0.1) is 12.8 Å². The maximum absolute atomic E-state index is 12.0. The summed E-state index contributed by atoms with van der Waals surface area (Å²) in [7, 11) is 2.04. The SMILES string of the molecule is Cc1nnc2c(NCCCCCC(=O)CCC(C)C)nc3cc(-c4nc5ccccc5n4C)ccc3n12. The number of aromatic nitrogens is 6. The second kappa shape index (κ2) is 10.7. The molecule has 0 aliphatic heterocycles. The van der Waals surface area contributed by atoms with E-state index < -0.39 is 0 Å². The van der Waals surface area contributed by atoms with Crippen LogP contribution in [-0.2, 0) is 11.8 Å². The number of anilines is 1. The number of nitrogens with zero attached hydrogens (tertiary/aromatic N) is 6. The number of rotatable bonds is 11. The third-order valence-electron chi connectivity index (χ3n) is 6.96. The maximum Gasteiger partial charge on any atom is 0.204 e. The van der Waals surface area contributed by atoms with Gasteiger partial charge in [0.05, 0.1) is 22.1 Å². The van der Waals surface area contributed by atoms with Gasteiger partial charge in [-0.25, -0.2) is 9.97 Å². The zero-order chi connectivity index (χ0) is 25.9. The number of fused-ring (bicyclic) bond motifs is 4. The number of hydrogen-bond donors (Lipinski definition) is 1. The zero-order valence-electron chi connectivity index (χ0n) is 22.2. The van der Waals surface area contributed by atoms with Crippen LogP contribution in [-0.4, -0.2) is 41.5 Å². The molecule has 5 aromatic rings. The second-order valence-corrected chi connectivity index (χ2v) is 10.3. The van der Waals surface area contributed by atoms with E-state index in [4.69, 9.17) is 9.97 Å². The number of para-hydroxylation sites is 2. The summed E-state index contributed by atoms with van der Waals surface area (Å²) in [6.07, 6.45) is 5.28. The van der Waals surface area contributed by atoms with E-state index in [1.54, 1.807) is 0 Å². The van der Waals surface area contributed by atoms with Crippen molar-refractivity contribution < 1.29 is 4.79 Å². The number of nitrogens with one attached hydrogen (secondary N) is 1. The average molecular weight is 498 g/mol. The standard InChI is InChI=1S/C29H35N7O/c1-19(2)13-15-22(37)10-6-5-9-17-30-27-29-34-33-20(3)36(29)26-16-14-21(18-24(26)31-27)28-32-23-11-7-8-12-25(23)35(28)4/h7-8,11-12,14,16,18-19H,5-6,9-10,13,15,17H2,1-4H3,(H,30,31). The number of aryl methyl sites for hydroxylation is 2. The maximum atomic E-state index is 12.0. The molecular weight excluding hydrogens is 462 g/mol. The summed E-state index contributed by atoms with van der Waals surface area (Å²) in [6, 6.07) is 14.4. The van der Waals surface area contributed by atoms with E-state index >= 15 is 0 Å². The Kier molecular flexibility index (Phi) is 7.17. The van der Waals surface area contributed by atoms with Gasteiger partial charge < -0.3 is 9.88 Å². The van der Waals surface area contributed by atoms with E-state index in [1.165, 1.54) is 0 Å². The molecule has 0 radical (unpaired) electrons. The first-order valence-corrected chi connectivity index (χ1v) is 13.3. The van der Waals surface area contributed by atoms with Crippen molar-refractivity contribution in [3.05, 3.63) is 48.3 Å². The summed E-state index contributed by atoms with van der Waals surface area (Å²) in [5.41, 5.74) is 5.63. The van der Waals surface area contributed by atoms with E-state index in [9.17, 15) is 4.79 Å². The smallest absolute Gasteiger partial charge is 0.204 e. The Morgan fingerprint density at radius 2 is 1.78 bits per heavy atom. The summed E-state index contributed by atoms with van der Waals surface area (Å²) in [5.74, 6) is 3.42. The van der Waals surface area contributed by atoms with Crippen LogP contribution < -0.4 is 5.32 Å². The lowest BCUT2D eigenvalue weighted by atomic mass is 10.0. The van der Waals surface area contributed by atoms with E-state index in [2.05, 4.69) is 62.6 Å². The van der Waals surface area contributed by atoms with Gasteiger partial charge in [-0.2, -0.15) is 0 Å². The lowest BCUT2D eigenvalue weighted by molar-refractivity contribution is -0.119. The van der Waals surface area contributed by atoms with Gasteiger partial charge in [0.25, 0.3) is 0 Å². The third-order valence-corrected chi connectivity index (χ3v) is 6.96. The van der Waals surface area contributed by atoms with Gasteiger partial charge in [0, 0.05) is 32.0 Å². The quantitative estimate of drug-likeness (QED) is 0.221. The topological polar surface area (TPSA) is 90.0 Å². The molecule has 0 unspecified atom stereocenters. The van der Waals surface area contributed by atoms with E-state index in [-0.39, 0.29) is 0 Å². The Balaban J connectivity index is 1.33. The van der Waals surface area contributed by atoms with Gasteiger partial charge in [0.2, 0.25) is 5.65 Å². The number of Topliss-reactive ketones (excluding diaryl/α,β-unsaturated/α-hetero) is 1. The van der Waals surface area contributed by atoms with Gasteiger partial charge in [-0.05, 0) is 62.4 Å². The lowest BCUT2D eigenvalue weighted by Crippen LogP contribution is -2.07. The number of carbonyl (C=O) groups is 1. The molecule has 0 bridgehead atoms. The molecule has 0 amide bonds. The van der Waals surface area contributed by atoms with Gasteiger partial charge in [-0.1, -0.05) is 32.4 Å². The number of imidazole rings is 1. The van der Waals surface area contributed by atoms with Crippen LogP contribution >= 0.6 is 0 Å². The highest BCUT2D eigenvalue weighted by Gasteiger charge is 2.16. The second-order valence-electron chi connectivity index (χ2n) is 10.3. The van der Waals surface area contributed by atoms with Crippen molar-refractivity contribution in [1.82, 2.24) is 29.1 Å². The van der Waals surface area contributed by atoms with E-state index in [0.717, 1.165) is 83.0 Å². The Labute approximate surface area is 217 Å². The molecule has 0 spiro atoms. The number of hydrogen-bond acceptors (Lipinski definition) is 6. The first kappa shape index (κ1) is 24.9. The molecule has 3 heterocycles. The number of carbonyl (C=O) groups excluding carboxylic acids is 1. The molecule has 0 saturated carbocycles. The van der Waals surface area contributed by atoms with Gasteiger partial charge in [-0.3, -0.25) is 9.20 Å². The molecule has 0 atom stereocenters. The summed E-state index contributed by atoms with van der Waals surface area (Å²) < 4.78 is 4.17. The lowest BCUT2D eigenvalue weighted by Gasteiger charge is -2.11. The fourth-order valence-corrected chi connectivity index (χ4v) is 4.84. The molecule has 1 N–H and O–H groups in total. The molecule has 37 heavy (non-hydrogen) atoms. The molecule has 3 aromatic heterocycles. The minimum absolute atomic E-state index is 0.384. The summed E-state index contributed by atoms with van der Waals surface area (Å²) in [5, 5.41) is 12.2. The Morgan fingerprint density at radius 1 is 0.946 bits per heavy atom. The first-order chi connectivity index (χ1) is 17.9. The summed E-state index contributed by atoms with van der Waals surface area (Å²) in [4.78, 5) is 21.8. The predicted molar refractivity (Wildman–Crippen MR) is 149 cm³/mol. The fraction of sp³-hybridized carbons (Fsp3) is 0.414. The molecule has 5 rings (SSSR count). The minimum Gasteiger partial charge on any atom is -0.367 e. The monoisotopic (exact) mass is 497 g/mol. The molecule has 8 heteroatoms. The van der Waals surface area contributed by atoms with E-state index in [1.807, 2.05) is 32.2 Å². The highest BCUT2D eigenvalue weighted by atomic mass is 16.1. The van der Waals surface area contributed by atoms with Crippen LogP contribution in [0.3, 0.4) is 0 Å². The van der Waals surface area contributed by atoms with Crippen LogP contribution in [0.15, 0.2) is 42.5 Å². The number of benzene rings is 2. The van der Waals surface area contributed by atoms with Crippen molar-refractivity contribution in [2.45, 2.75) is 59.3 Å². The third kappa shape index (κ3) is 5.19. The predicted octanol–water partition coefficient (Wildman–Crippen LogP) is 6.12. The molecule has 2 aromatic carbocycles. The number of ketones is 1. The number of unbranched alkanes of at least 4 members (excludes halogenated alkanes) is 2. The average Bonchev–Trinajstić information content (AvgIpc) is 3.45. The van der Waals surface area contributed by atoms with Crippen LogP contribution in [0.4, 0.5) is 5.82 Å². The Morgan fingerprint density at radius 3 is 2.59 bits per heavy atom. The van der Waals surface area contributed by atoms with Crippen molar-refractivity contribution in [2.24, 2.45) is 13.0 Å². The van der Waals surface area contributed by atoms with Crippen molar-refractivity contribution in [1.29, 1.82) is 0 Å². The summed E-state index contributed by atoms with van der Waals surface area (Å²) >= 11 is 0. The zero-order valence-corrected chi connectivity index (χ0v) is 22.2. The summed E-state index contributed by atoms with van der Waals surface area (Å²) in [6.45, 7) is 7.05. The highest BCUT2D eigenvalue weighted by Crippen LogP contribution is 2.28. The molecule has 8 nitrogen and oxygen atoms in total. The van der Waals surface area contributed by atoms with Crippen LogP contribution in [0.25, 0.3) is 39.1 Å². The molecule has 192 valence electrons. The van der Waals surface area contributed by atoms with E-state index in [0.29, 0.717) is 24.5 Å². The molecular formula is C29H35N7O. The van der Waals surface area contributed by atoms with Crippen molar-refractivity contribution in [2.75, 3.05) is 11.9 Å². The van der Waals surface area contributed by atoms with Crippen molar-refractivity contribution in [3.8, 4) is 11.4 Å². The Hall–Kier alpha value is -3.81. The van der Waals surface area contributed by atoms with Crippen LogP contribution in [0.5, 0.6) is 0 Å². The van der Waals surface area contributed by atoms with Gasteiger partial charge in [0.1, 0.15) is 17.4 Å². The molecule has 0 saturated heterocycles. The molecule has 0 fully saturated rings. The van der Waals surface area contributed by atoms with Gasteiger partial charge >= 0.3 is 0 Å². The van der Waals surface area contributed by atoms with Crippen molar-refractivity contribution in [3.63, 3.8) is 0 Å². The first-order valence-electron chi connectivity index (χ1n) is 13.3. The highest BCUT2D eigenvalue weighted by molar-refractivity contribution is 5.88.